The van der Waals surface area contributed by atoms with Crippen molar-refractivity contribution in [2.45, 2.75) is 25.9 Å². The van der Waals surface area contributed by atoms with Gasteiger partial charge in [-0.1, -0.05) is 0 Å². The molecule has 0 saturated carbocycles. The first-order valence-corrected chi connectivity index (χ1v) is 9.00. The summed E-state index contributed by atoms with van der Waals surface area (Å²) in [6, 6.07) is 3.77. The molecule has 1 aromatic heterocycles. The Kier molecular flexibility index (Phi) is 5.96. The van der Waals surface area contributed by atoms with Crippen LogP contribution in [0.4, 0.5) is 0 Å². The standard InChI is InChI=1S/C14H23N3O3S/c1-2-21(18,19)16-8-4-9-17-10-6-14(12-17)20-13-5-3-7-15-11-13/h3,5,7,11,14,16H,2,4,6,8-10,12H2,1H3/t14-/m0/s1. The van der Waals surface area contributed by atoms with Crippen LogP contribution in [0.1, 0.15) is 19.8 Å². The highest BCUT2D eigenvalue weighted by molar-refractivity contribution is 7.89. The molecular weight excluding hydrogens is 290 g/mol. The second kappa shape index (κ2) is 7.72. The molecule has 2 rings (SSSR count). The maximum atomic E-state index is 11.3. The first-order valence-electron chi connectivity index (χ1n) is 7.35. The zero-order valence-electron chi connectivity index (χ0n) is 12.4. The highest BCUT2D eigenvalue weighted by atomic mass is 32.2. The SMILES string of the molecule is CCS(=O)(=O)NCCCN1CC[C@H](Oc2cccnc2)C1. The molecule has 7 heteroatoms. The van der Waals surface area contributed by atoms with Crippen molar-refractivity contribution < 1.29 is 13.2 Å². The summed E-state index contributed by atoms with van der Waals surface area (Å²) in [6.07, 6.45) is 5.46. The fourth-order valence-corrected chi connectivity index (χ4v) is 3.00. The predicted molar refractivity (Wildman–Crippen MR) is 81.8 cm³/mol. The van der Waals surface area contributed by atoms with E-state index in [9.17, 15) is 8.42 Å². The second-order valence-corrected chi connectivity index (χ2v) is 7.26. The Hall–Kier alpha value is -1.18. The van der Waals surface area contributed by atoms with Gasteiger partial charge < -0.3 is 4.74 Å². The molecule has 0 aliphatic carbocycles. The van der Waals surface area contributed by atoms with Crippen LogP contribution in [0.2, 0.25) is 0 Å². The minimum atomic E-state index is -3.07. The van der Waals surface area contributed by atoms with E-state index in [2.05, 4.69) is 14.6 Å². The van der Waals surface area contributed by atoms with Crippen molar-refractivity contribution in [3.05, 3.63) is 24.5 Å². The summed E-state index contributed by atoms with van der Waals surface area (Å²) in [5.74, 6) is 0.942. The molecule has 1 atom stereocenters. The van der Waals surface area contributed by atoms with E-state index in [1.807, 2.05) is 12.1 Å². The molecule has 21 heavy (non-hydrogen) atoms. The van der Waals surface area contributed by atoms with E-state index in [1.165, 1.54) is 0 Å². The zero-order chi connectivity index (χ0) is 15.1. The van der Waals surface area contributed by atoms with E-state index < -0.39 is 10.0 Å². The molecule has 2 heterocycles. The Balaban J connectivity index is 1.64. The number of likely N-dealkylation sites (tertiary alicyclic amines) is 1. The van der Waals surface area contributed by atoms with Crippen molar-refractivity contribution >= 4 is 10.0 Å². The fraction of sp³-hybridized carbons (Fsp3) is 0.643. The number of pyridine rings is 1. The average molecular weight is 313 g/mol. The van der Waals surface area contributed by atoms with E-state index >= 15 is 0 Å². The van der Waals surface area contributed by atoms with E-state index in [0.29, 0.717) is 6.54 Å². The van der Waals surface area contributed by atoms with Gasteiger partial charge >= 0.3 is 0 Å². The van der Waals surface area contributed by atoms with Gasteiger partial charge in [0.1, 0.15) is 11.9 Å². The number of nitrogens with zero attached hydrogens (tertiary/aromatic N) is 2. The number of aromatic nitrogens is 1. The molecule has 118 valence electrons. The average Bonchev–Trinajstić information content (AvgIpc) is 2.92. The van der Waals surface area contributed by atoms with Crippen molar-refractivity contribution in [1.29, 1.82) is 0 Å². The maximum Gasteiger partial charge on any atom is 0.211 e. The van der Waals surface area contributed by atoms with Gasteiger partial charge in [0.25, 0.3) is 0 Å². The minimum Gasteiger partial charge on any atom is -0.487 e. The maximum absolute atomic E-state index is 11.3. The molecule has 0 unspecified atom stereocenters. The molecule has 1 aliphatic rings. The van der Waals surface area contributed by atoms with Gasteiger partial charge in [0, 0.05) is 25.8 Å². The number of hydrogen-bond acceptors (Lipinski definition) is 5. The molecule has 0 bridgehead atoms. The lowest BCUT2D eigenvalue weighted by atomic mass is 10.3. The van der Waals surface area contributed by atoms with Gasteiger partial charge in [0.2, 0.25) is 10.0 Å². The molecule has 0 aromatic carbocycles. The van der Waals surface area contributed by atoms with Crippen LogP contribution in [0.3, 0.4) is 0 Å². The lowest BCUT2D eigenvalue weighted by Crippen LogP contribution is -2.30. The number of ether oxygens (including phenoxy) is 1. The molecule has 0 amide bonds. The summed E-state index contributed by atoms with van der Waals surface area (Å²) in [7, 11) is -3.07. The lowest BCUT2D eigenvalue weighted by Gasteiger charge is -2.16. The summed E-state index contributed by atoms with van der Waals surface area (Å²) >= 11 is 0. The van der Waals surface area contributed by atoms with Crippen LogP contribution in [-0.4, -0.2) is 56.3 Å². The summed E-state index contributed by atoms with van der Waals surface area (Å²) in [6.45, 7) is 4.91. The number of sulfonamides is 1. The van der Waals surface area contributed by atoms with Gasteiger partial charge in [-0.25, -0.2) is 13.1 Å². The molecule has 6 nitrogen and oxygen atoms in total. The number of rotatable bonds is 8. The number of hydrogen-bond donors (Lipinski definition) is 1. The van der Waals surface area contributed by atoms with Crippen LogP contribution in [0.5, 0.6) is 5.75 Å². The largest absolute Gasteiger partial charge is 0.487 e. The Bertz CT molecular complexity index is 522. The Morgan fingerprint density at radius 2 is 2.38 bits per heavy atom. The summed E-state index contributed by atoms with van der Waals surface area (Å²) in [5, 5.41) is 0. The van der Waals surface area contributed by atoms with E-state index in [0.717, 1.165) is 38.2 Å². The highest BCUT2D eigenvalue weighted by Crippen LogP contribution is 2.17. The summed E-state index contributed by atoms with van der Waals surface area (Å²) < 4.78 is 31.1. The van der Waals surface area contributed by atoms with E-state index in [4.69, 9.17) is 4.74 Å². The van der Waals surface area contributed by atoms with Crippen molar-refractivity contribution in [3.63, 3.8) is 0 Å². The van der Waals surface area contributed by atoms with Crippen molar-refractivity contribution in [2.75, 3.05) is 31.9 Å². The quantitative estimate of drug-likeness (QED) is 0.721. The van der Waals surface area contributed by atoms with Crippen molar-refractivity contribution in [3.8, 4) is 5.75 Å². The molecule has 1 N–H and O–H groups in total. The Morgan fingerprint density at radius 1 is 1.52 bits per heavy atom. The van der Waals surface area contributed by atoms with Crippen molar-refractivity contribution in [1.82, 2.24) is 14.6 Å². The molecule has 1 aliphatic heterocycles. The van der Waals surface area contributed by atoms with Crippen LogP contribution < -0.4 is 9.46 Å². The summed E-state index contributed by atoms with van der Waals surface area (Å²) in [5.41, 5.74) is 0. The molecule has 1 aromatic rings. The molecule has 1 saturated heterocycles. The monoisotopic (exact) mass is 313 g/mol. The normalized spacial score (nSPS) is 19.8. The van der Waals surface area contributed by atoms with Gasteiger partial charge in [-0.3, -0.25) is 9.88 Å². The summed E-state index contributed by atoms with van der Waals surface area (Å²) in [4.78, 5) is 6.34. The molecule has 0 radical (unpaired) electrons. The van der Waals surface area contributed by atoms with Crippen LogP contribution in [0.25, 0.3) is 0 Å². The van der Waals surface area contributed by atoms with Crippen LogP contribution in [0.15, 0.2) is 24.5 Å². The number of nitrogens with one attached hydrogen (secondary N) is 1. The fourth-order valence-electron chi connectivity index (χ4n) is 2.34. The van der Waals surface area contributed by atoms with Gasteiger partial charge in [-0.05, 0) is 38.4 Å². The van der Waals surface area contributed by atoms with Crippen LogP contribution in [-0.2, 0) is 10.0 Å². The van der Waals surface area contributed by atoms with E-state index in [-0.39, 0.29) is 11.9 Å². The molecular formula is C14H23N3O3S. The van der Waals surface area contributed by atoms with Crippen molar-refractivity contribution in [2.24, 2.45) is 0 Å². The third-order valence-corrected chi connectivity index (χ3v) is 4.92. The Labute approximate surface area is 126 Å². The second-order valence-electron chi connectivity index (χ2n) is 5.17. The van der Waals surface area contributed by atoms with Gasteiger partial charge in [-0.2, -0.15) is 0 Å². The molecule has 1 fully saturated rings. The topological polar surface area (TPSA) is 71.5 Å². The van der Waals surface area contributed by atoms with Crippen LogP contribution >= 0.6 is 0 Å². The minimum absolute atomic E-state index is 0.137. The Morgan fingerprint density at radius 3 is 3.10 bits per heavy atom. The zero-order valence-corrected chi connectivity index (χ0v) is 13.2. The first-order chi connectivity index (χ1) is 10.1. The smallest absolute Gasteiger partial charge is 0.211 e. The van der Waals surface area contributed by atoms with Gasteiger partial charge in [0.05, 0.1) is 11.9 Å². The highest BCUT2D eigenvalue weighted by Gasteiger charge is 2.23. The molecule has 0 spiro atoms. The third-order valence-electron chi connectivity index (χ3n) is 3.52. The third kappa shape index (κ3) is 5.61. The van der Waals surface area contributed by atoms with Gasteiger partial charge in [-0.15, -0.1) is 0 Å². The van der Waals surface area contributed by atoms with Gasteiger partial charge in [0.15, 0.2) is 0 Å². The first kappa shape index (κ1) is 16.2. The predicted octanol–water partition coefficient (Wildman–Crippen LogP) is 0.864. The van der Waals surface area contributed by atoms with Crippen LogP contribution in [0, 0.1) is 0 Å². The lowest BCUT2D eigenvalue weighted by molar-refractivity contribution is 0.199. The van der Waals surface area contributed by atoms with E-state index in [1.54, 1.807) is 19.3 Å².